The molecule has 1 aliphatic rings. The zero-order valence-electron chi connectivity index (χ0n) is 16.4. The lowest BCUT2D eigenvalue weighted by Gasteiger charge is -2.23. The van der Waals surface area contributed by atoms with Gasteiger partial charge in [-0.2, -0.15) is 0 Å². The molecule has 2 unspecified atom stereocenters. The molecule has 9 nitrogen and oxygen atoms in total. The van der Waals surface area contributed by atoms with Crippen LogP contribution in [0.3, 0.4) is 0 Å². The molecule has 2 atom stereocenters. The van der Waals surface area contributed by atoms with Gasteiger partial charge in [-0.1, -0.05) is 0 Å². The SMILES string of the molecule is COCCNC(=O)C1CC(Oc2cccnc2)CN1C(=O)c1ccc(OC)nc1. The van der Waals surface area contributed by atoms with Crippen LogP contribution in [0.2, 0.25) is 0 Å². The van der Waals surface area contributed by atoms with Crippen molar-refractivity contribution in [2.75, 3.05) is 33.9 Å². The number of amides is 2. The van der Waals surface area contributed by atoms with Gasteiger partial charge in [-0.05, 0) is 18.2 Å². The van der Waals surface area contributed by atoms with Crippen LogP contribution in [0.15, 0.2) is 42.9 Å². The lowest BCUT2D eigenvalue weighted by Crippen LogP contribution is -2.46. The Balaban J connectivity index is 1.75. The van der Waals surface area contributed by atoms with Crippen molar-refractivity contribution in [3.8, 4) is 11.6 Å². The third-order valence-electron chi connectivity index (χ3n) is 4.56. The first kappa shape index (κ1) is 20.5. The van der Waals surface area contributed by atoms with Crippen molar-refractivity contribution in [1.29, 1.82) is 0 Å². The fourth-order valence-corrected chi connectivity index (χ4v) is 3.15. The Morgan fingerprint density at radius 3 is 2.76 bits per heavy atom. The average molecular weight is 400 g/mol. The summed E-state index contributed by atoms with van der Waals surface area (Å²) in [5.41, 5.74) is 0.377. The molecule has 1 saturated heterocycles. The van der Waals surface area contributed by atoms with E-state index in [0.717, 1.165) is 0 Å². The van der Waals surface area contributed by atoms with Gasteiger partial charge in [-0.25, -0.2) is 4.98 Å². The van der Waals surface area contributed by atoms with E-state index in [0.29, 0.717) is 36.8 Å². The molecule has 0 bridgehead atoms. The average Bonchev–Trinajstić information content (AvgIpc) is 3.18. The minimum atomic E-state index is -0.650. The van der Waals surface area contributed by atoms with Crippen molar-refractivity contribution in [2.24, 2.45) is 0 Å². The number of likely N-dealkylation sites (tertiary alicyclic amines) is 1. The van der Waals surface area contributed by atoms with Gasteiger partial charge in [0.1, 0.15) is 17.9 Å². The first-order valence-electron chi connectivity index (χ1n) is 9.26. The number of nitrogens with one attached hydrogen (secondary N) is 1. The van der Waals surface area contributed by atoms with Gasteiger partial charge in [0.05, 0.1) is 32.0 Å². The molecule has 1 fully saturated rings. The second-order valence-electron chi connectivity index (χ2n) is 6.51. The summed E-state index contributed by atoms with van der Waals surface area (Å²) in [6.45, 7) is 1.04. The molecular formula is C20H24N4O5. The van der Waals surface area contributed by atoms with E-state index in [4.69, 9.17) is 14.2 Å². The molecule has 2 amide bonds. The molecule has 2 aromatic rings. The van der Waals surface area contributed by atoms with Crippen LogP contribution in [0.5, 0.6) is 11.6 Å². The number of aromatic nitrogens is 2. The molecule has 1 N–H and O–H groups in total. The third-order valence-corrected chi connectivity index (χ3v) is 4.56. The Kier molecular flexibility index (Phi) is 6.96. The van der Waals surface area contributed by atoms with Gasteiger partial charge in [0, 0.05) is 38.5 Å². The second kappa shape index (κ2) is 9.83. The van der Waals surface area contributed by atoms with E-state index in [9.17, 15) is 9.59 Å². The van der Waals surface area contributed by atoms with Crippen molar-refractivity contribution >= 4 is 11.8 Å². The monoisotopic (exact) mass is 400 g/mol. The van der Waals surface area contributed by atoms with Gasteiger partial charge in [0.25, 0.3) is 5.91 Å². The van der Waals surface area contributed by atoms with Crippen LogP contribution in [-0.4, -0.2) is 72.7 Å². The Bertz CT molecular complexity index is 815. The summed E-state index contributed by atoms with van der Waals surface area (Å²) in [6.07, 6.45) is 4.75. The smallest absolute Gasteiger partial charge is 0.256 e. The van der Waals surface area contributed by atoms with E-state index >= 15 is 0 Å². The standard InChI is InChI=1S/C20H24N4O5/c1-27-9-8-22-19(25)17-10-16(29-15-4-3-7-21-12-15)13-24(17)20(26)14-5-6-18(28-2)23-11-14/h3-7,11-12,16-17H,8-10,13H2,1-2H3,(H,22,25). The van der Waals surface area contributed by atoms with Crippen LogP contribution >= 0.6 is 0 Å². The van der Waals surface area contributed by atoms with E-state index in [1.54, 1.807) is 43.8 Å². The maximum atomic E-state index is 13.1. The molecule has 0 aromatic carbocycles. The van der Waals surface area contributed by atoms with Crippen LogP contribution in [0.25, 0.3) is 0 Å². The van der Waals surface area contributed by atoms with E-state index in [2.05, 4.69) is 15.3 Å². The van der Waals surface area contributed by atoms with Crippen molar-refractivity contribution in [3.63, 3.8) is 0 Å². The zero-order chi connectivity index (χ0) is 20.6. The number of ether oxygens (including phenoxy) is 3. The quantitative estimate of drug-likeness (QED) is 0.657. The number of methoxy groups -OCH3 is 2. The Morgan fingerprint density at radius 2 is 2.10 bits per heavy atom. The second-order valence-corrected chi connectivity index (χ2v) is 6.51. The highest BCUT2D eigenvalue weighted by atomic mass is 16.5. The molecule has 3 heterocycles. The minimum Gasteiger partial charge on any atom is -0.487 e. The fourth-order valence-electron chi connectivity index (χ4n) is 3.15. The molecule has 1 aliphatic heterocycles. The summed E-state index contributed by atoms with van der Waals surface area (Å²) in [6, 6.07) is 6.15. The Morgan fingerprint density at radius 1 is 1.24 bits per heavy atom. The molecule has 0 spiro atoms. The van der Waals surface area contributed by atoms with Crippen LogP contribution in [0, 0.1) is 0 Å². The van der Waals surface area contributed by atoms with Crippen molar-refractivity contribution in [3.05, 3.63) is 48.4 Å². The van der Waals surface area contributed by atoms with Gasteiger partial charge in [0.15, 0.2) is 0 Å². The third kappa shape index (κ3) is 5.20. The number of carbonyl (C=O) groups excluding carboxylic acids is 2. The van der Waals surface area contributed by atoms with E-state index in [1.807, 2.05) is 0 Å². The van der Waals surface area contributed by atoms with Crippen molar-refractivity contribution < 1.29 is 23.8 Å². The molecule has 0 saturated carbocycles. The molecule has 2 aromatic heterocycles. The molecular weight excluding hydrogens is 376 g/mol. The summed E-state index contributed by atoms with van der Waals surface area (Å²) < 4.78 is 15.9. The molecule has 0 radical (unpaired) electrons. The van der Waals surface area contributed by atoms with Crippen LogP contribution < -0.4 is 14.8 Å². The van der Waals surface area contributed by atoms with Crippen LogP contribution in [0.4, 0.5) is 0 Å². The first-order valence-corrected chi connectivity index (χ1v) is 9.26. The van der Waals surface area contributed by atoms with Crippen molar-refractivity contribution in [1.82, 2.24) is 20.2 Å². The number of rotatable bonds is 8. The van der Waals surface area contributed by atoms with Gasteiger partial charge >= 0.3 is 0 Å². The summed E-state index contributed by atoms with van der Waals surface area (Å²) in [5.74, 6) is 0.476. The molecule has 0 aliphatic carbocycles. The number of carbonyl (C=O) groups is 2. The highest BCUT2D eigenvalue weighted by Gasteiger charge is 2.41. The van der Waals surface area contributed by atoms with Gasteiger partial charge < -0.3 is 24.4 Å². The van der Waals surface area contributed by atoms with E-state index < -0.39 is 6.04 Å². The fraction of sp³-hybridized carbons (Fsp3) is 0.400. The summed E-state index contributed by atoms with van der Waals surface area (Å²) in [5, 5.41) is 2.80. The predicted molar refractivity (Wildman–Crippen MR) is 104 cm³/mol. The molecule has 3 rings (SSSR count). The van der Waals surface area contributed by atoms with Crippen molar-refractivity contribution in [2.45, 2.75) is 18.6 Å². The van der Waals surface area contributed by atoms with E-state index in [1.165, 1.54) is 18.2 Å². The highest BCUT2D eigenvalue weighted by molar-refractivity contribution is 5.97. The molecule has 29 heavy (non-hydrogen) atoms. The largest absolute Gasteiger partial charge is 0.487 e. The minimum absolute atomic E-state index is 0.242. The van der Waals surface area contributed by atoms with Gasteiger partial charge in [-0.3, -0.25) is 14.6 Å². The lowest BCUT2D eigenvalue weighted by atomic mass is 10.1. The number of hydrogen-bond donors (Lipinski definition) is 1. The predicted octanol–water partition coefficient (Wildman–Crippen LogP) is 0.910. The Hall–Kier alpha value is -3.20. The van der Waals surface area contributed by atoms with E-state index in [-0.39, 0.29) is 24.5 Å². The normalized spacial score (nSPS) is 18.3. The number of hydrogen-bond acceptors (Lipinski definition) is 7. The number of pyridine rings is 2. The lowest BCUT2D eigenvalue weighted by molar-refractivity contribution is -0.125. The van der Waals surface area contributed by atoms with Crippen LogP contribution in [-0.2, 0) is 9.53 Å². The zero-order valence-corrected chi connectivity index (χ0v) is 16.4. The summed E-state index contributed by atoms with van der Waals surface area (Å²) in [4.78, 5) is 35.4. The topological polar surface area (TPSA) is 103 Å². The van der Waals surface area contributed by atoms with Crippen LogP contribution in [0.1, 0.15) is 16.8 Å². The Labute approximate surface area is 169 Å². The molecule has 154 valence electrons. The maximum Gasteiger partial charge on any atom is 0.256 e. The first-order chi connectivity index (χ1) is 14.1. The van der Waals surface area contributed by atoms with Gasteiger partial charge in [0.2, 0.25) is 11.8 Å². The molecule has 9 heteroatoms. The summed E-state index contributed by atoms with van der Waals surface area (Å²) in [7, 11) is 3.07. The van der Waals surface area contributed by atoms with Gasteiger partial charge in [-0.15, -0.1) is 0 Å². The number of nitrogens with zero attached hydrogens (tertiary/aromatic N) is 3. The maximum absolute atomic E-state index is 13.1. The highest BCUT2D eigenvalue weighted by Crippen LogP contribution is 2.25. The summed E-state index contributed by atoms with van der Waals surface area (Å²) >= 11 is 0.